The topological polar surface area (TPSA) is 119 Å². The lowest BCUT2D eigenvalue weighted by atomic mass is 9.71. The molecule has 1 amide bonds. The van der Waals surface area contributed by atoms with Crippen LogP contribution in [0, 0.1) is 0 Å². The minimum atomic E-state index is -4.09. The molecule has 4 N–H and O–H groups in total. The van der Waals surface area contributed by atoms with Crippen LogP contribution in [0.25, 0.3) is 10.9 Å². The molecule has 1 saturated carbocycles. The minimum Gasteiger partial charge on any atom is -0.361 e. The number of carbonyl (C=O) groups is 1. The van der Waals surface area contributed by atoms with Gasteiger partial charge in [-0.3, -0.25) is 14.1 Å². The molecule has 1 aromatic carbocycles. The van der Waals surface area contributed by atoms with Crippen molar-refractivity contribution in [2.45, 2.75) is 56.4 Å². The van der Waals surface area contributed by atoms with Gasteiger partial charge in [0.2, 0.25) is 15.9 Å². The zero-order valence-corrected chi connectivity index (χ0v) is 24.5. The number of benzene rings is 1. The summed E-state index contributed by atoms with van der Waals surface area (Å²) in [7, 11) is -4.09. The number of allylic oxidation sites excluding steroid dienone is 2. The first-order chi connectivity index (χ1) is 19.8. The van der Waals surface area contributed by atoms with E-state index in [1.54, 1.807) is 42.0 Å². The highest BCUT2D eigenvalue weighted by Crippen LogP contribution is 2.38. The number of hydrogen-bond donors (Lipinski definition) is 4. The Morgan fingerprint density at radius 3 is 2.76 bits per heavy atom. The highest BCUT2D eigenvalue weighted by Gasteiger charge is 2.43. The van der Waals surface area contributed by atoms with E-state index in [0.717, 1.165) is 54.3 Å². The summed E-state index contributed by atoms with van der Waals surface area (Å²) < 4.78 is 35.4. The van der Waals surface area contributed by atoms with Gasteiger partial charge in [-0.1, -0.05) is 43.5 Å². The summed E-state index contributed by atoms with van der Waals surface area (Å²) >= 11 is 1.28. The number of sulfonamides is 1. The van der Waals surface area contributed by atoms with E-state index in [1.165, 1.54) is 12.1 Å². The van der Waals surface area contributed by atoms with Crippen molar-refractivity contribution >= 4 is 39.0 Å². The van der Waals surface area contributed by atoms with Gasteiger partial charge in [0.1, 0.15) is 10.4 Å². The van der Waals surface area contributed by atoms with Crippen LogP contribution in [0.3, 0.4) is 0 Å². The Labute approximate surface area is 244 Å². The molecule has 4 heterocycles. The molecule has 41 heavy (non-hydrogen) atoms. The highest BCUT2D eigenvalue weighted by molar-refractivity contribution is 7.96. The Morgan fingerprint density at radius 1 is 1.15 bits per heavy atom. The highest BCUT2D eigenvalue weighted by atomic mass is 32.2. The molecule has 0 unspecified atom stereocenters. The number of nitrogens with one attached hydrogen (secondary N) is 4. The molecule has 0 spiro atoms. The van der Waals surface area contributed by atoms with E-state index in [-0.39, 0.29) is 22.6 Å². The normalized spacial score (nSPS) is 19.6. The summed E-state index contributed by atoms with van der Waals surface area (Å²) in [5.74, 6) is -0.371. The molecule has 1 fully saturated rings. The number of H-pyrrole nitrogens is 1. The van der Waals surface area contributed by atoms with Crippen LogP contribution < -0.4 is 14.8 Å². The van der Waals surface area contributed by atoms with Crippen LogP contribution in [0.2, 0.25) is 0 Å². The summed E-state index contributed by atoms with van der Waals surface area (Å²) in [5, 5.41) is 4.13. The number of fused-ring (bicyclic) bond motifs is 2. The Balaban J connectivity index is 1.32. The summed E-state index contributed by atoms with van der Waals surface area (Å²) in [6.45, 7) is 2.06. The van der Waals surface area contributed by atoms with E-state index < -0.39 is 15.6 Å². The largest absolute Gasteiger partial charge is 0.361 e. The van der Waals surface area contributed by atoms with Crippen molar-refractivity contribution in [3.8, 4) is 0 Å². The number of nitrogens with zero attached hydrogens (tertiary/aromatic N) is 2. The maximum atomic E-state index is 14.2. The molecule has 3 aromatic rings. The molecule has 2 aromatic heterocycles. The van der Waals surface area contributed by atoms with Crippen molar-refractivity contribution in [2.24, 2.45) is 0 Å². The Bertz CT molecular complexity index is 1640. The van der Waals surface area contributed by atoms with Crippen molar-refractivity contribution in [1.82, 2.24) is 29.0 Å². The van der Waals surface area contributed by atoms with Crippen molar-refractivity contribution in [3.05, 3.63) is 101 Å². The van der Waals surface area contributed by atoms with Gasteiger partial charge in [0.15, 0.2) is 0 Å². The van der Waals surface area contributed by atoms with Gasteiger partial charge in [-0.2, -0.15) is 4.72 Å². The van der Waals surface area contributed by atoms with Crippen molar-refractivity contribution in [3.63, 3.8) is 0 Å². The van der Waals surface area contributed by atoms with Crippen molar-refractivity contribution in [1.29, 1.82) is 0 Å². The van der Waals surface area contributed by atoms with Crippen LogP contribution in [-0.4, -0.2) is 40.7 Å². The second-order valence-electron chi connectivity index (χ2n) is 11.1. The molecular weight excluding hydrogens is 557 g/mol. The molecule has 11 heteroatoms. The first-order valence-corrected chi connectivity index (χ1v) is 16.1. The molecule has 214 valence electrons. The van der Waals surface area contributed by atoms with Crippen LogP contribution in [0.1, 0.15) is 50.3 Å². The third-order valence-corrected chi connectivity index (χ3v) is 10.7. The molecule has 3 aliphatic rings. The fraction of sp³-hybridized carbons (Fsp3) is 0.333. The van der Waals surface area contributed by atoms with Gasteiger partial charge < -0.3 is 15.0 Å². The molecule has 0 radical (unpaired) electrons. The number of aromatic amines is 1. The third-order valence-electron chi connectivity index (χ3n) is 8.28. The van der Waals surface area contributed by atoms with E-state index in [1.807, 2.05) is 48.7 Å². The first-order valence-electron chi connectivity index (χ1n) is 13.9. The number of hydrogen-bond acceptors (Lipinski definition) is 7. The standard InChI is InChI=1S/C30H34N6O3S2/c1-29(18-22-19-32-24-11-4-3-10-23(22)24,35-41(38,39)26-12-9-17-36-25(26)20-34-40-36)28(37)33-21-30(14-6-2-7-15-30)27-13-5-8-16-31-27/h3-5,8-13,16-17,19-20,32,34-35H,2,6-7,14-15,18,21H2,1H3,(H,33,37)/t29-/m0/s1. The lowest BCUT2D eigenvalue weighted by Gasteiger charge is -2.38. The van der Waals surface area contributed by atoms with Crippen LogP contribution >= 0.6 is 12.1 Å². The lowest BCUT2D eigenvalue weighted by molar-refractivity contribution is -0.126. The number of amides is 1. The van der Waals surface area contributed by atoms with Gasteiger partial charge in [0.25, 0.3) is 0 Å². The van der Waals surface area contributed by atoms with Crippen LogP contribution in [0.5, 0.6) is 0 Å². The summed E-state index contributed by atoms with van der Waals surface area (Å²) in [5.41, 5.74) is 1.50. The van der Waals surface area contributed by atoms with Crippen LogP contribution in [0.15, 0.2) is 90.0 Å². The summed E-state index contributed by atoms with van der Waals surface area (Å²) in [6.07, 6.45) is 15.6. The molecule has 0 bridgehead atoms. The van der Waals surface area contributed by atoms with E-state index >= 15 is 0 Å². The summed E-state index contributed by atoms with van der Waals surface area (Å²) in [4.78, 5) is 22.2. The Kier molecular flexibility index (Phi) is 7.43. The second-order valence-corrected chi connectivity index (χ2v) is 13.6. The zero-order chi connectivity index (χ0) is 28.5. The van der Waals surface area contributed by atoms with Crippen LogP contribution in [0.4, 0.5) is 0 Å². The number of pyridine rings is 1. The first kappa shape index (κ1) is 27.6. The SMILES string of the molecule is C[C@@](Cc1c[nH]c2ccccc12)(NS(=O)(=O)C1=CC=CN2SNC=C12)C(=O)NCC1(c2ccccn2)CCCCC1. The van der Waals surface area contributed by atoms with E-state index in [4.69, 9.17) is 0 Å². The zero-order valence-electron chi connectivity index (χ0n) is 22.9. The maximum Gasteiger partial charge on any atom is 0.243 e. The predicted molar refractivity (Wildman–Crippen MR) is 162 cm³/mol. The fourth-order valence-corrected chi connectivity index (χ4v) is 8.38. The van der Waals surface area contributed by atoms with Gasteiger partial charge >= 0.3 is 0 Å². The second kappa shape index (κ2) is 11.0. The van der Waals surface area contributed by atoms with E-state index in [2.05, 4.69) is 24.7 Å². The molecule has 1 atom stereocenters. The van der Waals surface area contributed by atoms with Gasteiger partial charge in [0, 0.05) is 59.8 Å². The molecule has 0 saturated heterocycles. The number of rotatable bonds is 9. The van der Waals surface area contributed by atoms with Crippen molar-refractivity contribution in [2.75, 3.05) is 6.54 Å². The van der Waals surface area contributed by atoms with Crippen LogP contribution in [-0.2, 0) is 26.7 Å². The molecule has 2 aliphatic heterocycles. The molecule has 9 nitrogen and oxygen atoms in total. The van der Waals surface area contributed by atoms with Gasteiger partial charge in [-0.05, 0) is 55.7 Å². The quantitative estimate of drug-likeness (QED) is 0.271. The third kappa shape index (κ3) is 5.41. The lowest BCUT2D eigenvalue weighted by Crippen LogP contribution is -2.60. The van der Waals surface area contributed by atoms with Crippen molar-refractivity contribution < 1.29 is 13.2 Å². The molecule has 1 aliphatic carbocycles. The average Bonchev–Trinajstić information content (AvgIpc) is 3.64. The Morgan fingerprint density at radius 2 is 1.95 bits per heavy atom. The maximum absolute atomic E-state index is 14.2. The number of carbonyl (C=O) groups excluding carboxylic acids is 1. The minimum absolute atomic E-state index is 0.104. The van der Waals surface area contributed by atoms with Gasteiger partial charge in [-0.15, -0.1) is 0 Å². The van der Waals surface area contributed by atoms with E-state index in [0.29, 0.717) is 12.2 Å². The summed E-state index contributed by atoms with van der Waals surface area (Å²) in [6, 6.07) is 13.7. The van der Waals surface area contributed by atoms with Gasteiger partial charge in [-0.25, -0.2) is 8.42 Å². The smallest absolute Gasteiger partial charge is 0.243 e. The Hall–Kier alpha value is -3.54. The number of para-hydroxylation sites is 1. The fourth-order valence-electron chi connectivity index (χ4n) is 6.11. The predicted octanol–water partition coefficient (Wildman–Crippen LogP) is 4.52. The molecule has 6 rings (SSSR count). The van der Waals surface area contributed by atoms with E-state index in [9.17, 15) is 13.2 Å². The number of aromatic nitrogens is 2. The monoisotopic (exact) mass is 590 g/mol. The van der Waals surface area contributed by atoms with Gasteiger partial charge in [0.05, 0.1) is 17.8 Å². The average molecular weight is 591 g/mol. The molecular formula is C30H34N6O3S2.